The zero-order valence-corrected chi connectivity index (χ0v) is 14.8. The van der Waals surface area contributed by atoms with Gasteiger partial charge in [-0.25, -0.2) is 4.79 Å². The summed E-state index contributed by atoms with van der Waals surface area (Å²) >= 11 is 1.19. The van der Waals surface area contributed by atoms with Crippen molar-refractivity contribution in [2.75, 3.05) is 19.9 Å². The molecule has 1 aromatic heterocycles. The van der Waals surface area contributed by atoms with Crippen LogP contribution in [0.1, 0.15) is 0 Å². The molecule has 2 N–H and O–H groups in total. The molecule has 0 spiro atoms. The third-order valence-corrected chi connectivity index (χ3v) is 4.16. The maximum absolute atomic E-state index is 11.7. The number of amides is 3. The van der Waals surface area contributed by atoms with Gasteiger partial charge in [0.15, 0.2) is 11.0 Å². The molecule has 132 valence electrons. The fourth-order valence-corrected chi connectivity index (χ4v) is 2.82. The van der Waals surface area contributed by atoms with Crippen molar-refractivity contribution in [1.82, 2.24) is 25.4 Å². The number of hydrogen-bond donors (Lipinski definition) is 2. The minimum Gasteiger partial charge on any atom is -0.496 e. The number of carbonyl (C=O) groups excluding carboxylic acids is 2. The first-order valence-corrected chi connectivity index (χ1v) is 8.41. The average Bonchev–Trinajstić information content (AvgIpc) is 3.02. The molecule has 0 saturated carbocycles. The first-order chi connectivity index (χ1) is 12.1. The number of carbonyl (C=O) groups is 2. The topological polar surface area (TPSA) is 98.1 Å². The number of ether oxygens (including phenoxy) is 1. The maximum Gasteiger partial charge on any atom is 0.321 e. The van der Waals surface area contributed by atoms with E-state index in [1.165, 1.54) is 18.8 Å². The predicted molar refractivity (Wildman–Crippen MR) is 95.5 cm³/mol. The molecule has 0 atom stereocenters. The largest absolute Gasteiger partial charge is 0.496 e. The Bertz CT molecular complexity index is 775. The number of rotatable bonds is 7. The van der Waals surface area contributed by atoms with Gasteiger partial charge in [-0.1, -0.05) is 30.0 Å². The summed E-state index contributed by atoms with van der Waals surface area (Å²) in [6.07, 6.45) is 1.72. The number of allylic oxidation sites excluding steroid dienone is 1. The molecule has 25 heavy (non-hydrogen) atoms. The smallest absolute Gasteiger partial charge is 0.321 e. The van der Waals surface area contributed by atoms with Crippen molar-refractivity contribution < 1.29 is 14.3 Å². The highest BCUT2D eigenvalue weighted by atomic mass is 32.2. The molecule has 2 aromatic rings. The number of thioether (sulfide) groups is 1. The number of imide groups is 1. The molecule has 0 fully saturated rings. The lowest BCUT2D eigenvalue weighted by Crippen LogP contribution is -2.38. The summed E-state index contributed by atoms with van der Waals surface area (Å²) in [6, 6.07) is 6.93. The van der Waals surface area contributed by atoms with E-state index in [1.54, 1.807) is 13.2 Å². The van der Waals surface area contributed by atoms with Crippen LogP contribution in [0.3, 0.4) is 0 Å². The molecule has 1 heterocycles. The summed E-state index contributed by atoms with van der Waals surface area (Å²) in [5.41, 5.74) is 0.793. The van der Waals surface area contributed by atoms with E-state index in [4.69, 9.17) is 4.74 Å². The second-order valence-corrected chi connectivity index (χ2v) is 5.76. The van der Waals surface area contributed by atoms with Crippen molar-refractivity contribution in [3.8, 4) is 17.1 Å². The Kier molecular flexibility index (Phi) is 6.58. The van der Waals surface area contributed by atoms with E-state index in [0.29, 0.717) is 23.3 Å². The van der Waals surface area contributed by atoms with Crippen LogP contribution in [0, 0.1) is 0 Å². The Morgan fingerprint density at radius 1 is 1.36 bits per heavy atom. The van der Waals surface area contributed by atoms with Gasteiger partial charge < -0.3 is 10.1 Å². The van der Waals surface area contributed by atoms with Gasteiger partial charge in [0.25, 0.3) is 0 Å². The Balaban J connectivity index is 2.23. The standard InChI is InChI=1S/C16H19N5O3S/c1-4-9-21-14(11-7-5-6-8-12(11)24-3)19-20-16(21)25-10-13(22)18-15(23)17-2/h4-8H,1,9-10H2,2-3H3,(H2,17,18,22,23). The normalized spacial score (nSPS) is 10.2. The van der Waals surface area contributed by atoms with Crippen LogP contribution in [-0.2, 0) is 11.3 Å². The molecule has 0 bridgehead atoms. The highest BCUT2D eigenvalue weighted by molar-refractivity contribution is 7.99. The van der Waals surface area contributed by atoms with Crippen LogP contribution < -0.4 is 15.4 Å². The van der Waals surface area contributed by atoms with Crippen LogP contribution in [0.2, 0.25) is 0 Å². The molecule has 9 heteroatoms. The molecule has 1 aromatic carbocycles. The Morgan fingerprint density at radius 3 is 2.80 bits per heavy atom. The quantitative estimate of drug-likeness (QED) is 0.575. The summed E-state index contributed by atoms with van der Waals surface area (Å²) in [5, 5.41) is 13.4. The lowest BCUT2D eigenvalue weighted by molar-refractivity contribution is -0.117. The van der Waals surface area contributed by atoms with Gasteiger partial charge in [0.05, 0.1) is 18.4 Å². The number of nitrogens with one attached hydrogen (secondary N) is 2. The number of nitrogens with zero attached hydrogens (tertiary/aromatic N) is 3. The Labute approximate surface area is 149 Å². The van der Waals surface area contributed by atoms with E-state index in [2.05, 4.69) is 27.4 Å². The van der Waals surface area contributed by atoms with Crippen LogP contribution >= 0.6 is 11.8 Å². The molecule has 0 aliphatic carbocycles. The second-order valence-electron chi connectivity index (χ2n) is 4.82. The van der Waals surface area contributed by atoms with Crippen LogP contribution in [0.15, 0.2) is 42.1 Å². The number of hydrogen-bond acceptors (Lipinski definition) is 6. The number of methoxy groups -OCH3 is 1. The third-order valence-electron chi connectivity index (χ3n) is 3.19. The van der Waals surface area contributed by atoms with Gasteiger partial charge in [-0.05, 0) is 12.1 Å². The van der Waals surface area contributed by atoms with Crippen molar-refractivity contribution in [2.45, 2.75) is 11.7 Å². The molecule has 0 radical (unpaired) electrons. The average molecular weight is 361 g/mol. The van der Waals surface area contributed by atoms with E-state index in [1.807, 2.05) is 28.8 Å². The zero-order chi connectivity index (χ0) is 18.2. The summed E-state index contributed by atoms with van der Waals surface area (Å²) in [7, 11) is 3.03. The SMILES string of the molecule is C=CCn1c(SCC(=O)NC(=O)NC)nnc1-c1ccccc1OC. The zero-order valence-electron chi connectivity index (χ0n) is 14.0. The van der Waals surface area contributed by atoms with Gasteiger partial charge >= 0.3 is 6.03 Å². The minimum absolute atomic E-state index is 0.0363. The van der Waals surface area contributed by atoms with E-state index in [-0.39, 0.29) is 5.75 Å². The summed E-state index contributed by atoms with van der Waals surface area (Å²) < 4.78 is 7.21. The molecule has 0 unspecified atom stereocenters. The molecule has 8 nitrogen and oxygen atoms in total. The Morgan fingerprint density at radius 2 is 2.12 bits per heavy atom. The fraction of sp³-hybridized carbons (Fsp3) is 0.250. The van der Waals surface area contributed by atoms with Crippen molar-refractivity contribution >= 4 is 23.7 Å². The summed E-state index contributed by atoms with van der Waals surface area (Å²) in [6.45, 7) is 4.22. The van der Waals surface area contributed by atoms with Crippen molar-refractivity contribution in [1.29, 1.82) is 0 Å². The highest BCUT2D eigenvalue weighted by Crippen LogP contribution is 2.30. The van der Waals surface area contributed by atoms with Gasteiger partial charge in [0.1, 0.15) is 5.75 Å². The van der Waals surface area contributed by atoms with Crippen LogP contribution in [0.25, 0.3) is 11.4 Å². The first-order valence-electron chi connectivity index (χ1n) is 7.42. The minimum atomic E-state index is -0.548. The van der Waals surface area contributed by atoms with Crippen molar-refractivity contribution in [3.63, 3.8) is 0 Å². The molecule has 0 saturated heterocycles. The van der Waals surface area contributed by atoms with Gasteiger partial charge in [0.2, 0.25) is 5.91 Å². The summed E-state index contributed by atoms with van der Waals surface area (Å²) in [5.74, 6) is 0.909. The van der Waals surface area contributed by atoms with E-state index in [9.17, 15) is 9.59 Å². The van der Waals surface area contributed by atoms with Crippen molar-refractivity contribution in [3.05, 3.63) is 36.9 Å². The van der Waals surface area contributed by atoms with Crippen LogP contribution in [-0.4, -0.2) is 46.6 Å². The summed E-state index contributed by atoms with van der Waals surface area (Å²) in [4.78, 5) is 22.9. The lowest BCUT2D eigenvalue weighted by atomic mass is 10.2. The number of aromatic nitrogens is 3. The molecule has 0 aliphatic rings. The molecular weight excluding hydrogens is 342 g/mol. The molecule has 2 rings (SSSR count). The molecule has 3 amide bonds. The highest BCUT2D eigenvalue weighted by Gasteiger charge is 2.17. The lowest BCUT2D eigenvalue weighted by Gasteiger charge is -2.10. The van der Waals surface area contributed by atoms with E-state index >= 15 is 0 Å². The number of para-hydroxylation sites is 1. The monoisotopic (exact) mass is 361 g/mol. The van der Waals surface area contributed by atoms with Crippen LogP contribution in [0.5, 0.6) is 5.75 Å². The predicted octanol–water partition coefficient (Wildman–Crippen LogP) is 1.69. The molecule has 0 aliphatic heterocycles. The molecular formula is C16H19N5O3S. The van der Waals surface area contributed by atoms with Crippen molar-refractivity contribution in [2.24, 2.45) is 0 Å². The van der Waals surface area contributed by atoms with Gasteiger partial charge in [-0.15, -0.1) is 16.8 Å². The van der Waals surface area contributed by atoms with E-state index in [0.717, 1.165) is 5.56 Å². The Hall–Kier alpha value is -2.81. The van der Waals surface area contributed by atoms with E-state index < -0.39 is 11.9 Å². The van der Waals surface area contributed by atoms with Gasteiger partial charge in [-0.3, -0.25) is 14.7 Å². The number of benzene rings is 1. The third kappa shape index (κ3) is 4.60. The van der Waals surface area contributed by atoms with Gasteiger partial charge in [-0.2, -0.15) is 0 Å². The van der Waals surface area contributed by atoms with Crippen LogP contribution in [0.4, 0.5) is 4.79 Å². The second kappa shape index (κ2) is 8.88. The maximum atomic E-state index is 11.7. The van der Waals surface area contributed by atoms with Gasteiger partial charge in [0, 0.05) is 13.6 Å². The first kappa shape index (κ1) is 18.5. The fourth-order valence-electron chi connectivity index (χ4n) is 2.07. The number of urea groups is 1.